The Bertz CT molecular complexity index is 2100. The zero-order valence-corrected chi connectivity index (χ0v) is 32.8. The van der Waals surface area contributed by atoms with E-state index in [0.29, 0.717) is 17.1 Å². The van der Waals surface area contributed by atoms with Crippen molar-refractivity contribution in [2.75, 3.05) is 5.75 Å². The van der Waals surface area contributed by atoms with E-state index in [1.807, 2.05) is 5.40 Å². The van der Waals surface area contributed by atoms with Gasteiger partial charge >= 0.3 is 0 Å². The summed E-state index contributed by atoms with van der Waals surface area (Å²) in [7, 11) is 3.24. The number of nitrogens with zero attached hydrogens (tertiary/aromatic N) is 3. The van der Waals surface area contributed by atoms with E-state index in [4.69, 9.17) is 5.26 Å². The maximum atomic E-state index is 13.3. The fourth-order valence-electron chi connectivity index (χ4n) is 6.00. The number of nitriles is 1. The predicted molar refractivity (Wildman–Crippen MR) is 206 cm³/mol. The molecule has 19 heteroatoms. The van der Waals surface area contributed by atoms with Crippen molar-refractivity contribution >= 4 is 35.4 Å². The number of carbonyl (C=O) groups excluding carboxylic acids is 4. The topological polar surface area (TPSA) is 278 Å². The Morgan fingerprint density at radius 1 is 0.696 bits per heavy atom. The molecule has 0 aliphatic heterocycles. The molecule has 0 saturated carbocycles. The minimum absolute atomic E-state index is 0.0750. The number of rotatable bonds is 19. The number of hydrogen-bond donors (Lipinski definition) is 8. The van der Waals surface area contributed by atoms with Crippen LogP contribution in [0.2, 0.25) is 0 Å². The van der Waals surface area contributed by atoms with Gasteiger partial charge in [-0.15, -0.1) is 0 Å². The second-order valence-corrected chi connectivity index (χ2v) is 14.4. The van der Waals surface area contributed by atoms with Gasteiger partial charge in [0.25, 0.3) is 0 Å². The van der Waals surface area contributed by atoms with Gasteiger partial charge in [0.1, 0.15) is 5.40 Å². The maximum absolute atomic E-state index is 13.3. The number of amides is 4. The van der Waals surface area contributed by atoms with Gasteiger partial charge in [0, 0.05) is 86.4 Å². The van der Waals surface area contributed by atoms with E-state index in [0.717, 1.165) is 11.8 Å². The van der Waals surface area contributed by atoms with Crippen molar-refractivity contribution in [2.24, 2.45) is 14.1 Å². The molecule has 0 saturated heterocycles. The van der Waals surface area contributed by atoms with Crippen LogP contribution in [0.15, 0.2) is 32.6 Å². The molecule has 0 unspecified atom stereocenters. The van der Waals surface area contributed by atoms with E-state index in [-0.39, 0.29) is 87.4 Å². The molecule has 3 heterocycles. The van der Waals surface area contributed by atoms with Crippen LogP contribution in [0.25, 0.3) is 0 Å². The summed E-state index contributed by atoms with van der Waals surface area (Å²) in [4.78, 5) is 92.2. The number of hydrogen-bond acceptors (Lipinski definition) is 12. The smallest absolute Gasteiger partial charge is 0.223 e. The van der Waals surface area contributed by atoms with Crippen LogP contribution in [0.1, 0.15) is 79.1 Å². The molecule has 0 bridgehead atoms. The molecule has 0 aliphatic rings. The average Bonchev–Trinajstić information content (AvgIpc) is 3.14. The number of aromatic amines is 1. The molecule has 0 spiro atoms. The Morgan fingerprint density at radius 2 is 1.12 bits per heavy atom. The second kappa shape index (κ2) is 20.0. The van der Waals surface area contributed by atoms with Crippen molar-refractivity contribution in [3.8, 4) is 22.6 Å². The van der Waals surface area contributed by atoms with E-state index in [2.05, 4.69) is 26.3 Å². The minimum Gasteiger partial charge on any atom is -0.503 e. The number of H-pyrrole nitrogens is 1. The molecular formula is C37H48N8O10S. The summed E-state index contributed by atoms with van der Waals surface area (Å²) in [5, 5.41) is 52.6. The lowest BCUT2D eigenvalue weighted by Gasteiger charge is -2.35. The van der Waals surface area contributed by atoms with Crippen LogP contribution in [0.5, 0.6) is 17.2 Å². The molecule has 56 heavy (non-hydrogen) atoms. The van der Waals surface area contributed by atoms with Crippen LogP contribution in [0.3, 0.4) is 0 Å². The number of aromatic nitrogens is 3. The van der Waals surface area contributed by atoms with Gasteiger partial charge in [0.15, 0.2) is 17.2 Å². The monoisotopic (exact) mass is 796 g/mol. The molecular weight excluding hydrogens is 749 g/mol. The number of aryl methyl sites for hydroxylation is 3. The molecule has 302 valence electrons. The first-order chi connectivity index (χ1) is 26.4. The quantitative estimate of drug-likeness (QED) is 0.0620. The Kier molecular flexibility index (Phi) is 15.9. The van der Waals surface area contributed by atoms with Gasteiger partial charge in [0.05, 0.1) is 36.7 Å². The Labute approximate surface area is 326 Å². The van der Waals surface area contributed by atoms with Crippen molar-refractivity contribution in [1.29, 1.82) is 5.26 Å². The van der Waals surface area contributed by atoms with Crippen LogP contribution in [-0.4, -0.2) is 64.4 Å². The Morgan fingerprint density at radius 3 is 1.57 bits per heavy atom. The second-order valence-electron chi connectivity index (χ2n) is 13.5. The van der Waals surface area contributed by atoms with Crippen LogP contribution in [0, 0.1) is 31.4 Å². The van der Waals surface area contributed by atoms with Crippen LogP contribution in [0.4, 0.5) is 0 Å². The van der Waals surface area contributed by atoms with Crippen molar-refractivity contribution in [1.82, 2.24) is 35.4 Å². The molecule has 8 N–H and O–H groups in total. The zero-order chi connectivity index (χ0) is 41.7. The van der Waals surface area contributed by atoms with Crippen LogP contribution >= 0.6 is 11.8 Å². The van der Waals surface area contributed by atoms with E-state index >= 15 is 0 Å². The normalized spacial score (nSPS) is 11.1. The summed E-state index contributed by atoms with van der Waals surface area (Å²) in [6.45, 7) is 4.32. The predicted octanol–water partition coefficient (Wildman–Crippen LogP) is 0.863. The first-order valence-corrected chi connectivity index (χ1v) is 18.7. The molecule has 3 aromatic heterocycles. The lowest BCUT2D eigenvalue weighted by atomic mass is 9.83. The SMILES string of the molecule is Cc1cc(=O)c(O)c(CNC(=O)CCC(CCC(=O)NCc2c(O)c(=O)cc(C)n2C)(CCC(=O)NCc2c(O)c(=O)cc(C)n2C)NC(=O)CCSC#N)[nH]1. The first kappa shape index (κ1) is 44.4. The molecule has 0 radical (unpaired) electrons. The van der Waals surface area contributed by atoms with Gasteiger partial charge in [-0.2, -0.15) is 5.26 Å². The lowest BCUT2D eigenvalue weighted by Crippen LogP contribution is -2.50. The Hall–Kier alpha value is -6.03. The van der Waals surface area contributed by atoms with E-state index in [1.54, 1.807) is 44.0 Å². The third kappa shape index (κ3) is 12.2. The summed E-state index contributed by atoms with van der Waals surface area (Å²) in [5.41, 5.74) is -1.21. The molecule has 0 aromatic carbocycles. The minimum atomic E-state index is -1.35. The van der Waals surface area contributed by atoms with Crippen molar-refractivity contribution in [3.05, 3.63) is 83.0 Å². The molecule has 3 aromatic rings. The molecule has 0 atom stereocenters. The standard InChI is InChI=1S/C37H48N8O10S/c1-21-14-27(46)34(53)24(42-21)17-39-30(49)6-10-37(43-33(52)9-13-56-20-38,11-7-31(50)40-18-25-35(54)28(47)15-22(2)44(25)4)12-8-32(51)41-19-26-36(55)29(48)16-23(3)45(26)5/h14-16,53-55H,6-13,17-19H2,1-5H3,(H,39,49)(H,40,50)(H,41,51)(H,42,46)(H,43,52). The van der Waals surface area contributed by atoms with Gasteiger partial charge < -0.3 is 50.7 Å². The summed E-state index contributed by atoms with van der Waals surface area (Å²) in [6, 6.07) is 3.72. The van der Waals surface area contributed by atoms with Gasteiger partial charge in [0.2, 0.25) is 39.9 Å². The third-order valence-electron chi connectivity index (χ3n) is 9.54. The van der Waals surface area contributed by atoms with Gasteiger partial charge in [-0.1, -0.05) is 0 Å². The first-order valence-electron chi connectivity index (χ1n) is 17.7. The number of carbonyl (C=O) groups is 4. The van der Waals surface area contributed by atoms with Gasteiger partial charge in [-0.25, -0.2) is 0 Å². The number of pyridine rings is 3. The fourth-order valence-corrected chi connectivity index (χ4v) is 6.38. The number of thiocyanates is 1. The fraction of sp³-hybridized carbons (Fsp3) is 0.459. The molecule has 0 fully saturated rings. The highest BCUT2D eigenvalue weighted by Crippen LogP contribution is 2.27. The highest BCUT2D eigenvalue weighted by molar-refractivity contribution is 8.03. The summed E-state index contributed by atoms with van der Waals surface area (Å²) in [5.74, 6) is -3.54. The highest BCUT2D eigenvalue weighted by Gasteiger charge is 2.34. The maximum Gasteiger partial charge on any atom is 0.223 e. The average molecular weight is 797 g/mol. The van der Waals surface area contributed by atoms with E-state index in [9.17, 15) is 48.9 Å². The van der Waals surface area contributed by atoms with Gasteiger partial charge in [-0.3, -0.25) is 33.6 Å². The van der Waals surface area contributed by atoms with Crippen molar-refractivity contribution < 1.29 is 34.5 Å². The highest BCUT2D eigenvalue weighted by atomic mass is 32.2. The number of nitrogens with one attached hydrogen (secondary N) is 5. The third-order valence-corrected chi connectivity index (χ3v) is 10.1. The Balaban J connectivity index is 1.86. The van der Waals surface area contributed by atoms with Gasteiger partial charge in [-0.05, 0) is 51.8 Å². The molecule has 3 rings (SSSR count). The molecule has 4 amide bonds. The van der Waals surface area contributed by atoms with E-state index < -0.39 is 62.7 Å². The van der Waals surface area contributed by atoms with Crippen molar-refractivity contribution in [2.45, 2.75) is 90.9 Å². The summed E-state index contributed by atoms with van der Waals surface area (Å²) >= 11 is 0.860. The largest absolute Gasteiger partial charge is 0.503 e. The van der Waals surface area contributed by atoms with Crippen molar-refractivity contribution in [3.63, 3.8) is 0 Å². The van der Waals surface area contributed by atoms with Crippen LogP contribution < -0.4 is 37.6 Å². The van der Waals surface area contributed by atoms with Crippen LogP contribution in [-0.2, 0) is 52.9 Å². The molecule has 0 aliphatic carbocycles. The summed E-state index contributed by atoms with van der Waals surface area (Å²) in [6.07, 6.45) is -1.00. The summed E-state index contributed by atoms with van der Waals surface area (Å²) < 4.78 is 3.11. The lowest BCUT2D eigenvalue weighted by molar-refractivity contribution is -0.127. The zero-order valence-electron chi connectivity index (χ0n) is 32.0. The van der Waals surface area contributed by atoms with E-state index in [1.165, 1.54) is 18.2 Å². The number of aromatic hydroxyl groups is 3. The number of thioether (sulfide) groups is 1. The molecule has 18 nitrogen and oxygen atoms in total.